The Labute approximate surface area is 873 Å². The molecule has 0 aromatic heterocycles. The van der Waals surface area contributed by atoms with Crippen LogP contribution in [0, 0.1) is 0 Å². The van der Waals surface area contributed by atoms with Crippen LogP contribution in [0.5, 0.6) is 0 Å². The average molecular weight is 2000 g/mol. The van der Waals surface area contributed by atoms with Crippen LogP contribution in [-0.2, 0) is 14.3 Å². The van der Waals surface area contributed by atoms with Crippen molar-refractivity contribution in [3.05, 3.63) is 453 Å². The van der Waals surface area contributed by atoms with E-state index in [0.29, 0.717) is 78.8 Å². The van der Waals surface area contributed by atoms with E-state index in [1.807, 2.05) is 269 Å². The monoisotopic (exact) mass is 2000 g/mol. The SMILES string of the molecule is CCOC(=O)c1ccc(B(O)O)cc1.CCOC(=O)c1ccc(C2=Nc3ccccc3Nc3ccccc32)cc1.CN(C)c1ccccc1.ClC1=Nc2ccccc2Nc2ccccc21.Nc1ccc(Cl)cc1Nc1ccccc1C(=O)O.O=C(NO)c1ccc(C2=Nc3ccccc3Nc3ccccc32)cc1.O=C1Nc2ccc(Cl)cc2Nc2ccccc21.O=C1Nc2ccccc2Nc2ccccc21.O=C[O-].[Na+]. The third-order valence-corrected chi connectivity index (χ3v) is 22.4. The van der Waals surface area contributed by atoms with Crippen LogP contribution in [0.1, 0.15) is 104 Å². The van der Waals surface area contributed by atoms with Crippen LogP contribution in [0.3, 0.4) is 0 Å². The first-order valence-corrected chi connectivity index (χ1v) is 45.9. The molecule has 0 unspecified atom stereocenters. The van der Waals surface area contributed by atoms with Gasteiger partial charge in [-0.1, -0.05) is 223 Å². The molecule has 0 fully saturated rings. The Balaban J connectivity index is 0.000000149. The van der Waals surface area contributed by atoms with E-state index in [0.717, 1.165) is 125 Å². The number of carboxylic acids is 1. The van der Waals surface area contributed by atoms with Gasteiger partial charge in [-0.25, -0.2) is 34.8 Å². The molecule has 16 aromatic carbocycles. The summed E-state index contributed by atoms with van der Waals surface area (Å²) in [5.41, 5.74) is 33.2. The largest absolute Gasteiger partial charge is 1.00 e. The van der Waals surface area contributed by atoms with Gasteiger partial charge in [0.25, 0.3) is 17.7 Å². The smallest absolute Gasteiger partial charge is 0.554 e. The minimum atomic E-state index is -1.51. The number of aromatic carboxylic acids is 1. The molecule has 0 atom stereocenters. The summed E-state index contributed by atoms with van der Waals surface area (Å²) < 4.78 is 9.82. The number of para-hydroxylation sites is 15. The van der Waals surface area contributed by atoms with Crippen molar-refractivity contribution in [2.45, 2.75) is 13.8 Å². The van der Waals surface area contributed by atoms with Gasteiger partial charge >= 0.3 is 54.6 Å². The Bertz CT molecular complexity index is 7370. The van der Waals surface area contributed by atoms with Gasteiger partial charge in [0.2, 0.25) is 0 Å². The fourth-order valence-corrected chi connectivity index (χ4v) is 15.2. The van der Waals surface area contributed by atoms with E-state index in [-0.39, 0.29) is 52.9 Å². The summed E-state index contributed by atoms with van der Waals surface area (Å²) >= 11 is 18.0. The van der Waals surface area contributed by atoms with Crippen LogP contribution in [0.4, 0.5) is 108 Å². The van der Waals surface area contributed by atoms with Gasteiger partial charge in [-0.2, -0.15) is 0 Å². The first kappa shape index (κ1) is 107. The van der Waals surface area contributed by atoms with Gasteiger partial charge in [-0.05, 0) is 213 Å². The standard InChI is InChI=1S/C22H18N2O2.C20H15N3O2.C13H11ClN2O2.C13H9ClN2O.C13H9ClN2.C13H10N2O.C9H11BO4.C8H11N.CH2O2.Na/c1-2-26-22(25)16-13-11-15(12-14-16)21-17-7-3-4-8-18(17)23-19-9-5-6-10-20(19)24-21;24-20(23-25)14-11-9-13(10-12-14)19-15-5-1-2-6-16(15)21-17-7-3-4-8-18(17)22-19;14-8-5-6-10(15)12(7-8)16-11-4-2-1-3-9(11)13(17)18;14-8-5-6-11-12(7-8)15-10-4-2-1-3-9(10)13(17)16-11;14-13-9-5-1-2-6-10(9)15-11-7-3-4-8-12(11)16-13;16-13-9-5-1-2-6-10(9)14-11-7-3-4-8-12(11)15-13;1-2-14-9(11)7-3-5-8(6-4-7)10(12)13;1-9(2)8-6-4-3-5-7-8;2-1-3;/h3-14,23H,2H2,1H3;1-12,21,25H,(H,23,24);1-7,16H,15H2,(H,17,18);1-7,15H,(H,16,17);1-8,15H;1-8,14H,(H,15,16);3-6,12-13H,2H2,1H3;3-7H,1-2H3;1H,(H,2,3);/q;;;;;;;;;+1/p-1. The van der Waals surface area contributed by atoms with Crippen molar-refractivity contribution in [1.82, 2.24) is 5.48 Å². The number of nitrogens with one attached hydrogen (secondary N) is 9. The second-order valence-corrected chi connectivity index (χ2v) is 32.7. The second-order valence-electron chi connectivity index (χ2n) is 31.4. The van der Waals surface area contributed by atoms with Crippen molar-refractivity contribution in [2.75, 3.05) is 80.5 Å². The molecule has 5 heterocycles. The molecular formula is C112H95BCl3N14NaO14. The normalized spacial score (nSPS) is 11.4. The van der Waals surface area contributed by atoms with Gasteiger partial charge in [0, 0.05) is 86.7 Å². The van der Waals surface area contributed by atoms with Crippen molar-refractivity contribution in [3.63, 3.8) is 0 Å². The molecule has 0 radical (unpaired) electrons. The maximum absolute atomic E-state index is 12.0. The summed E-state index contributed by atoms with van der Waals surface area (Å²) in [6.45, 7) is 3.71. The minimum Gasteiger partial charge on any atom is -0.554 e. The van der Waals surface area contributed by atoms with Crippen molar-refractivity contribution in [1.29, 1.82) is 0 Å². The number of hydroxylamine groups is 1. The van der Waals surface area contributed by atoms with E-state index >= 15 is 0 Å². The number of halogens is 3. The van der Waals surface area contributed by atoms with Crippen molar-refractivity contribution >= 4 is 214 Å². The number of esters is 2. The number of amides is 3. The van der Waals surface area contributed by atoms with Gasteiger partial charge in [0.15, 0.2) is 0 Å². The number of nitrogens with two attached hydrogens (primary N) is 1. The van der Waals surface area contributed by atoms with Gasteiger partial charge in [0.1, 0.15) is 5.17 Å². The quantitative estimate of drug-likeness (QED) is 0.0135. The maximum atomic E-state index is 12.0. The number of nitrogens with zero attached hydrogens (tertiary/aromatic N) is 4. The summed E-state index contributed by atoms with van der Waals surface area (Å²) in [7, 11) is 2.57. The molecule has 0 saturated heterocycles. The molecule has 0 spiro atoms. The number of fused-ring (bicyclic) bond motifs is 10. The zero-order valence-electron chi connectivity index (χ0n) is 78.8. The number of benzene rings is 16. The van der Waals surface area contributed by atoms with Crippen LogP contribution in [0.15, 0.2) is 397 Å². The van der Waals surface area contributed by atoms with Gasteiger partial charge in [-0.15, -0.1) is 0 Å². The summed E-state index contributed by atoms with van der Waals surface area (Å²) in [5.74, 6) is -2.46. The molecule has 33 heteroatoms. The maximum Gasteiger partial charge on any atom is 1.00 e. The molecule has 0 bridgehead atoms. The Morgan fingerprint density at radius 2 is 0.745 bits per heavy atom. The number of aliphatic imine (C=N–C) groups is 3. The molecule has 28 nitrogen and oxygen atoms in total. The number of carbonyl (C=O) groups excluding carboxylic acids is 6. The molecule has 5 aliphatic rings. The van der Waals surface area contributed by atoms with Crippen LogP contribution in [0.25, 0.3) is 0 Å². The van der Waals surface area contributed by atoms with E-state index in [1.54, 1.807) is 104 Å². The van der Waals surface area contributed by atoms with Gasteiger partial charge in [-0.3, -0.25) is 19.6 Å². The van der Waals surface area contributed by atoms with E-state index in [4.69, 9.17) is 90.3 Å². The van der Waals surface area contributed by atoms with Crippen molar-refractivity contribution in [3.8, 4) is 0 Å². The minimum absolute atomic E-state index is 0. The Morgan fingerprint density at radius 3 is 1.19 bits per heavy atom. The van der Waals surface area contributed by atoms with E-state index in [9.17, 15) is 28.8 Å². The molecule has 145 heavy (non-hydrogen) atoms. The van der Waals surface area contributed by atoms with Gasteiger partial charge in [0.05, 0.1) is 138 Å². The van der Waals surface area contributed by atoms with Crippen LogP contribution >= 0.6 is 34.8 Å². The second kappa shape index (κ2) is 53.0. The van der Waals surface area contributed by atoms with E-state index in [2.05, 4.69) is 64.6 Å². The fraction of sp³-hybridized carbons (Fsp3) is 0.0536. The van der Waals surface area contributed by atoms with Gasteiger partial charge < -0.3 is 87.7 Å². The number of rotatable bonds is 12. The summed E-state index contributed by atoms with van der Waals surface area (Å²) in [4.78, 5) is 94.0. The summed E-state index contributed by atoms with van der Waals surface area (Å²) in [5, 5.41) is 70.7. The molecule has 0 aliphatic carbocycles. The number of hydrogen-bond donors (Lipinski definition) is 14. The number of carboxylic acid groups (broad SMARTS) is 2. The topological polar surface area (TPSA) is 417 Å². The first-order chi connectivity index (χ1) is 69.9. The summed E-state index contributed by atoms with van der Waals surface area (Å²) in [6, 6.07) is 118. The molecule has 722 valence electrons. The average Bonchev–Trinajstić information content (AvgIpc) is 1.67. The van der Waals surface area contributed by atoms with Crippen LogP contribution in [-0.4, -0.2) is 113 Å². The molecule has 21 rings (SSSR count). The predicted molar refractivity (Wildman–Crippen MR) is 574 cm³/mol. The number of nitrogen functional groups attached to an aromatic ring is 1. The number of anilines is 16. The number of ether oxygens (including phenoxy) is 2. The Kier molecular flexibility index (Phi) is 39.1. The van der Waals surface area contributed by atoms with Crippen LogP contribution < -0.4 is 98.8 Å². The Hall–Kier alpha value is -17.0. The van der Waals surface area contributed by atoms with Crippen molar-refractivity contribution < 1.29 is 98.1 Å². The Morgan fingerprint density at radius 1 is 0.400 bits per heavy atom. The molecule has 3 amide bonds. The van der Waals surface area contributed by atoms with E-state index in [1.165, 1.54) is 36.0 Å². The van der Waals surface area contributed by atoms with Crippen LogP contribution in [0.2, 0.25) is 10.0 Å². The number of hydrogen-bond acceptors (Lipinski definition) is 24. The van der Waals surface area contributed by atoms with E-state index < -0.39 is 31.4 Å². The zero-order chi connectivity index (χ0) is 102. The predicted octanol–water partition coefficient (Wildman–Crippen LogP) is 19.9. The molecule has 16 aromatic rings. The molecular weight excluding hydrogens is 1910 g/mol. The molecule has 15 N–H and O–H groups in total. The number of carbonyl (C=O) groups is 7. The fourth-order valence-electron chi connectivity index (χ4n) is 14.6. The third kappa shape index (κ3) is 29.1. The van der Waals surface area contributed by atoms with Crippen molar-refractivity contribution in [2.24, 2.45) is 15.0 Å². The third-order valence-electron chi connectivity index (χ3n) is 21.6. The zero-order valence-corrected chi connectivity index (χ0v) is 83.1. The molecule has 0 saturated carbocycles. The molecule has 5 aliphatic heterocycles. The summed E-state index contributed by atoms with van der Waals surface area (Å²) in [6.07, 6.45) is 0. The first-order valence-electron chi connectivity index (χ1n) is 44.8.